The molecule has 1 aromatic rings. The number of methoxy groups -OCH3 is 1. The summed E-state index contributed by atoms with van der Waals surface area (Å²) in [6.45, 7) is 2.29. The number of nitrogens with one attached hydrogen (secondary N) is 1. The van der Waals surface area contributed by atoms with Gasteiger partial charge in [0.05, 0.1) is 13.7 Å². The van der Waals surface area contributed by atoms with Crippen molar-refractivity contribution < 1.29 is 32.3 Å². The van der Waals surface area contributed by atoms with Crippen molar-refractivity contribution in [1.29, 1.82) is 0 Å². The van der Waals surface area contributed by atoms with Gasteiger partial charge < -0.3 is 25.4 Å². The monoisotopic (exact) mass is 351 g/mol. The Morgan fingerprint density at radius 1 is 1.46 bits per heavy atom. The maximum absolute atomic E-state index is 12.4. The summed E-state index contributed by atoms with van der Waals surface area (Å²) >= 11 is 0. The highest BCUT2D eigenvalue weighted by atomic mass is 19.4. The summed E-state index contributed by atoms with van der Waals surface area (Å²) in [5.41, 5.74) is 5.87. The molecule has 2 heterocycles. The van der Waals surface area contributed by atoms with E-state index < -0.39 is 24.3 Å². The highest BCUT2D eigenvalue weighted by molar-refractivity contribution is 5.80. The summed E-state index contributed by atoms with van der Waals surface area (Å²) in [5, 5.41) is 2.69. The molecule has 0 aromatic carbocycles. The Morgan fingerprint density at radius 2 is 2.17 bits per heavy atom. The summed E-state index contributed by atoms with van der Waals surface area (Å²) in [6, 6.07) is -0.427. The van der Waals surface area contributed by atoms with Gasteiger partial charge in [-0.3, -0.25) is 0 Å². The molecule has 1 aliphatic heterocycles. The number of carbonyl (C=O) groups is 1. The lowest BCUT2D eigenvalue weighted by atomic mass is 10.3. The Balaban J connectivity index is 2.34. The molecule has 2 rings (SSSR count). The van der Waals surface area contributed by atoms with E-state index in [0.717, 1.165) is 20.0 Å². The fraction of sp³-hybridized carbons (Fsp3) is 0.583. The van der Waals surface area contributed by atoms with Crippen LogP contribution in [0.1, 0.15) is 31.6 Å². The number of imidazole rings is 1. The number of amidine groups is 1. The zero-order chi connectivity index (χ0) is 17.9. The summed E-state index contributed by atoms with van der Waals surface area (Å²) in [6.07, 6.45) is -4.50. The average Bonchev–Trinajstić information content (AvgIpc) is 2.85. The molecule has 1 aliphatic rings. The number of ether oxygens (including phenoxy) is 2. The van der Waals surface area contributed by atoms with Crippen molar-refractivity contribution in [1.82, 2.24) is 15.0 Å². The molecular weight excluding hydrogens is 335 g/mol. The van der Waals surface area contributed by atoms with Crippen LogP contribution in [-0.2, 0) is 9.53 Å². The molecule has 0 spiro atoms. The number of carbonyl (C=O) groups excluding carboxylic acids is 1. The second kappa shape index (κ2) is 6.95. The normalized spacial score (nSPS) is 16.8. The molecule has 0 bridgehead atoms. The number of halogens is 3. The van der Waals surface area contributed by atoms with Crippen LogP contribution >= 0.6 is 0 Å². The highest BCUT2D eigenvalue weighted by Crippen LogP contribution is 2.31. The van der Waals surface area contributed by atoms with E-state index in [2.05, 4.69) is 20.1 Å². The van der Waals surface area contributed by atoms with E-state index in [1.165, 1.54) is 0 Å². The van der Waals surface area contributed by atoms with Crippen LogP contribution in [0.3, 0.4) is 0 Å². The molecule has 0 saturated heterocycles. The molecule has 0 saturated carbocycles. The van der Waals surface area contributed by atoms with Crippen LogP contribution in [0.15, 0.2) is 4.99 Å². The third kappa shape index (κ3) is 3.69. The highest BCUT2D eigenvalue weighted by Gasteiger charge is 2.43. The summed E-state index contributed by atoms with van der Waals surface area (Å²) in [7, 11) is 1.15. The van der Waals surface area contributed by atoms with Gasteiger partial charge >= 0.3 is 18.2 Å². The van der Waals surface area contributed by atoms with Crippen molar-refractivity contribution in [2.75, 3.05) is 13.7 Å². The summed E-state index contributed by atoms with van der Waals surface area (Å²) < 4.78 is 47.8. The minimum absolute atomic E-state index is 0.0182. The van der Waals surface area contributed by atoms with Gasteiger partial charge in [-0.05, 0) is 6.42 Å². The lowest BCUT2D eigenvalue weighted by Crippen LogP contribution is -2.39. The maximum atomic E-state index is 12.4. The molecule has 1 atom stereocenters. The number of nitrogens with zero attached hydrogens (tertiary/aromatic N) is 3. The quantitative estimate of drug-likeness (QED) is 0.754. The fourth-order valence-corrected chi connectivity index (χ4v) is 1.77. The average molecular weight is 351 g/mol. The van der Waals surface area contributed by atoms with Crippen LogP contribution in [-0.4, -0.2) is 41.6 Å². The molecule has 3 N–H and O–H groups in total. The first-order valence-electron chi connectivity index (χ1n) is 6.97. The minimum atomic E-state index is -5.19. The minimum Gasteiger partial charge on any atom is -0.466 e. The van der Waals surface area contributed by atoms with Crippen molar-refractivity contribution in [3.63, 3.8) is 0 Å². The Labute approximate surface area is 134 Å². The Bertz CT molecular complexity index is 643. The van der Waals surface area contributed by atoms with Crippen LogP contribution in [0.5, 0.6) is 6.01 Å². The van der Waals surface area contributed by atoms with Gasteiger partial charge in [0.1, 0.15) is 11.9 Å². The molecule has 12 heteroatoms. The number of aliphatic imine (C=N–C) groups is 1. The summed E-state index contributed by atoms with van der Waals surface area (Å²) in [5.74, 6) is -2.67. The SMILES string of the molecule is CCCCOC1=Nc2c(nc(OC)n2OC(=O)C(F)(F)F)C(N)N1. The Hall–Kier alpha value is -2.50. The van der Waals surface area contributed by atoms with E-state index in [4.69, 9.17) is 15.2 Å². The molecule has 134 valence electrons. The van der Waals surface area contributed by atoms with Crippen molar-refractivity contribution in [3.05, 3.63) is 5.69 Å². The largest absolute Gasteiger partial charge is 0.493 e. The molecule has 0 radical (unpaired) electrons. The van der Waals surface area contributed by atoms with Crippen molar-refractivity contribution in [2.24, 2.45) is 10.7 Å². The molecule has 1 unspecified atom stereocenters. The lowest BCUT2D eigenvalue weighted by molar-refractivity contribution is -0.200. The second-order valence-corrected chi connectivity index (χ2v) is 4.72. The standard InChI is InChI=1S/C12H16F3N5O4/c1-3-4-5-23-10-18-7(16)6-8(19-10)20(11(17-6)22-2)24-9(21)12(13,14)15/h7H,3-5,16H2,1-2H3,(H,18,19). The van der Waals surface area contributed by atoms with Crippen LogP contribution in [0.4, 0.5) is 19.0 Å². The first-order valence-corrected chi connectivity index (χ1v) is 6.97. The van der Waals surface area contributed by atoms with E-state index in [-0.39, 0.29) is 17.5 Å². The second-order valence-electron chi connectivity index (χ2n) is 4.72. The zero-order valence-electron chi connectivity index (χ0n) is 12.9. The van der Waals surface area contributed by atoms with Crippen molar-refractivity contribution in [2.45, 2.75) is 32.1 Å². The smallest absolute Gasteiger partial charge is 0.466 e. The maximum Gasteiger partial charge on any atom is 0.493 e. The number of nitrogens with two attached hydrogens (primary N) is 1. The van der Waals surface area contributed by atoms with Gasteiger partial charge in [0, 0.05) is 0 Å². The topological polar surface area (TPSA) is 113 Å². The number of hydrogen-bond acceptors (Lipinski definition) is 8. The third-order valence-electron chi connectivity index (χ3n) is 2.92. The van der Waals surface area contributed by atoms with Gasteiger partial charge in [-0.1, -0.05) is 13.3 Å². The third-order valence-corrected chi connectivity index (χ3v) is 2.92. The molecule has 0 amide bonds. The predicted molar refractivity (Wildman–Crippen MR) is 74.4 cm³/mol. The fourth-order valence-electron chi connectivity index (χ4n) is 1.77. The lowest BCUT2D eigenvalue weighted by Gasteiger charge is -2.20. The zero-order valence-corrected chi connectivity index (χ0v) is 12.9. The van der Waals surface area contributed by atoms with Gasteiger partial charge in [-0.2, -0.15) is 23.1 Å². The van der Waals surface area contributed by atoms with Crippen LogP contribution in [0, 0.1) is 0 Å². The van der Waals surface area contributed by atoms with Gasteiger partial charge in [-0.25, -0.2) is 4.79 Å². The summed E-state index contributed by atoms with van der Waals surface area (Å²) in [4.78, 5) is 23.2. The first-order chi connectivity index (χ1) is 11.3. The number of aromatic nitrogens is 2. The van der Waals surface area contributed by atoms with Gasteiger partial charge in [0.15, 0.2) is 0 Å². The van der Waals surface area contributed by atoms with Gasteiger partial charge in [-0.15, -0.1) is 4.73 Å². The van der Waals surface area contributed by atoms with E-state index in [1.807, 2.05) is 6.92 Å². The molecule has 9 nitrogen and oxygen atoms in total. The van der Waals surface area contributed by atoms with Crippen molar-refractivity contribution in [3.8, 4) is 6.01 Å². The Morgan fingerprint density at radius 3 is 2.75 bits per heavy atom. The molecule has 24 heavy (non-hydrogen) atoms. The number of hydrogen-bond donors (Lipinski definition) is 2. The molecule has 1 aromatic heterocycles. The van der Waals surface area contributed by atoms with Gasteiger partial charge in [0.25, 0.3) is 6.02 Å². The van der Waals surface area contributed by atoms with E-state index in [0.29, 0.717) is 11.3 Å². The van der Waals surface area contributed by atoms with E-state index in [9.17, 15) is 18.0 Å². The number of fused-ring (bicyclic) bond motifs is 1. The number of alkyl halides is 3. The molecular formula is C12H16F3N5O4. The first kappa shape index (κ1) is 17.8. The molecule has 0 aliphatic carbocycles. The van der Waals surface area contributed by atoms with Gasteiger partial charge in [0.2, 0.25) is 5.82 Å². The Kier molecular flexibility index (Phi) is 5.17. The van der Waals surface area contributed by atoms with E-state index in [1.54, 1.807) is 0 Å². The number of rotatable bonds is 5. The molecule has 0 fully saturated rings. The predicted octanol–water partition coefficient (Wildman–Crippen LogP) is 0.774. The van der Waals surface area contributed by atoms with Crippen LogP contribution < -0.4 is 20.6 Å². The van der Waals surface area contributed by atoms with Crippen LogP contribution in [0.25, 0.3) is 0 Å². The van der Waals surface area contributed by atoms with Crippen LogP contribution in [0.2, 0.25) is 0 Å². The van der Waals surface area contributed by atoms with Crippen molar-refractivity contribution >= 4 is 17.8 Å². The number of unbranched alkanes of at least 4 members (excludes halogenated alkanes) is 1. The van der Waals surface area contributed by atoms with E-state index >= 15 is 0 Å².